The van der Waals surface area contributed by atoms with Crippen LogP contribution in [0, 0.1) is 5.82 Å². The van der Waals surface area contributed by atoms with Crippen LogP contribution in [0.5, 0.6) is 0 Å². The average Bonchev–Trinajstić information content (AvgIpc) is 2.55. The fraction of sp³-hybridized carbons (Fsp3) is 0.353. The van der Waals surface area contributed by atoms with Crippen molar-refractivity contribution in [2.45, 2.75) is 26.2 Å². The second-order valence-electron chi connectivity index (χ2n) is 5.40. The molecule has 1 amide bonds. The second kappa shape index (κ2) is 8.22. The molecule has 0 unspecified atom stereocenters. The first kappa shape index (κ1) is 16.9. The number of hydrogen-bond acceptors (Lipinski definition) is 4. The molecular weight excluding hydrogens is 295 g/mol. The van der Waals surface area contributed by atoms with Gasteiger partial charge in [0.25, 0.3) is 0 Å². The van der Waals surface area contributed by atoms with Gasteiger partial charge in [-0.25, -0.2) is 4.39 Å². The number of halogens is 1. The first-order chi connectivity index (χ1) is 11.1. The van der Waals surface area contributed by atoms with Crippen LogP contribution in [-0.2, 0) is 11.2 Å². The predicted octanol–water partition coefficient (Wildman–Crippen LogP) is 3.03. The van der Waals surface area contributed by atoms with E-state index in [0.29, 0.717) is 5.82 Å². The Balaban J connectivity index is 1.89. The molecular formula is C17H21FN4O. The summed E-state index contributed by atoms with van der Waals surface area (Å²) in [5, 5.41) is 10.8. The number of carbonyl (C=O) groups excluding carboxylic acids is 1. The molecule has 1 N–H and O–H groups in total. The van der Waals surface area contributed by atoms with E-state index in [0.717, 1.165) is 30.8 Å². The van der Waals surface area contributed by atoms with E-state index in [4.69, 9.17) is 0 Å². The number of hydrogen-bond donors (Lipinski definition) is 1. The molecule has 2 rings (SSSR count). The van der Waals surface area contributed by atoms with E-state index >= 15 is 0 Å². The standard InChI is InChI=1S/C17H21FN4O/c1-3-4-11-22(2)16-10-9-15(20-21-16)19-17(23)12-13-5-7-14(18)8-6-13/h5-10H,3-4,11-12H2,1-2H3,(H,19,20,23). The van der Waals surface area contributed by atoms with Gasteiger partial charge < -0.3 is 10.2 Å². The normalized spacial score (nSPS) is 10.4. The Kier molecular flexibility index (Phi) is 6.02. The maximum absolute atomic E-state index is 12.8. The molecule has 0 aliphatic carbocycles. The highest BCUT2D eigenvalue weighted by molar-refractivity contribution is 5.91. The quantitative estimate of drug-likeness (QED) is 0.853. The number of unbranched alkanes of at least 4 members (excludes halogenated alkanes) is 1. The smallest absolute Gasteiger partial charge is 0.229 e. The van der Waals surface area contributed by atoms with Gasteiger partial charge in [-0.2, -0.15) is 0 Å². The number of nitrogens with zero attached hydrogens (tertiary/aromatic N) is 3. The van der Waals surface area contributed by atoms with Crippen molar-refractivity contribution in [3.05, 3.63) is 47.8 Å². The minimum atomic E-state index is -0.317. The number of rotatable bonds is 7. The highest BCUT2D eigenvalue weighted by Crippen LogP contribution is 2.11. The lowest BCUT2D eigenvalue weighted by atomic mass is 10.1. The van der Waals surface area contributed by atoms with E-state index in [1.165, 1.54) is 12.1 Å². The van der Waals surface area contributed by atoms with Gasteiger partial charge in [0.05, 0.1) is 6.42 Å². The van der Waals surface area contributed by atoms with Gasteiger partial charge in [-0.05, 0) is 36.2 Å². The lowest BCUT2D eigenvalue weighted by Crippen LogP contribution is -2.20. The molecule has 0 fully saturated rings. The Hall–Kier alpha value is -2.50. The molecule has 6 heteroatoms. The summed E-state index contributed by atoms with van der Waals surface area (Å²) in [6.07, 6.45) is 2.38. The van der Waals surface area contributed by atoms with Crippen LogP contribution < -0.4 is 10.2 Å². The fourth-order valence-electron chi connectivity index (χ4n) is 2.08. The van der Waals surface area contributed by atoms with Crippen molar-refractivity contribution in [2.75, 3.05) is 23.8 Å². The van der Waals surface area contributed by atoms with E-state index < -0.39 is 0 Å². The van der Waals surface area contributed by atoms with Crippen molar-refractivity contribution in [1.29, 1.82) is 0 Å². The maximum atomic E-state index is 12.8. The monoisotopic (exact) mass is 316 g/mol. The largest absolute Gasteiger partial charge is 0.358 e. The molecule has 1 heterocycles. The summed E-state index contributed by atoms with van der Waals surface area (Å²) in [7, 11) is 1.96. The molecule has 0 saturated carbocycles. The predicted molar refractivity (Wildman–Crippen MR) is 88.9 cm³/mol. The van der Waals surface area contributed by atoms with Crippen LogP contribution in [0.25, 0.3) is 0 Å². The summed E-state index contributed by atoms with van der Waals surface area (Å²) in [4.78, 5) is 14.0. The van der Waals surface area contributed by atoms with Crippen LogP contribution in [0.1, 0.15) is 25.3 Å². The van der Waals surface area contributed by atoms with Gasteiger partial charge in [-0.15, -0.1) is 10.2 Å². The minimum Gasteiger partial charge on any atom is -0.358 e. The van der Waals surface area contributed by atoms with Crippen molar-refractivity contribution in [2.24, 2.45) is 0 Å². The maximum Gasteiger partial charge on any atom is 0.229 e. The Morgan fingerprint density at radius 2 is 1.91 bits per heavy atom. The highest BCUT2D eigenvalue weighted by Gasteiger charge is 2.07. The van der Waals surface area contributed by atoms with Crippen molar-refractivity contribution in [3.63, 3.8) is 0 Å². The number of nitrogens with one attached hydrogen (secondary N) is 1. The zero-order valence-electron chi connectivity index (χ0n) is 13.4. The average molecular weight is 316 g/mol. The van der Waals surface area contributed by atoms with Crippen molar-refractivity contribution >= 4 is 17.5 Å². The van der Waals surface area contributed by atoms with E-state index in [1.807, 2.05) is 18.0 Å². The van der Waals surface area contributed by atoms with Gasteiger partial charge >= 0.3 is 0 Å². The second-order valence-corrected chi connectivity index (χ2v) is 5.40. The Morgan fingerprint density at radius 1 is 1.17 bits per heavy atom. The highest BCUT2D eigenvalue weighted by atomic mass is 19.1. The van der Waals surface area contributed by atoms with Crippen LogP contribution in [0.2, 0.25) is 0 Å². The van der Waals surface area contributed by atoms with Crippen LogP contribution in [-0.4, -0.2) is 29.7 Å². The first-order valence-corrected chi connectivity index (χ1v) is 7.67. The summed E-state index contributed by atoms with van der Waals surface area (Å²) in [6, 6.07) is 9.41. The molecule has 0 aliphatic rings. The number of aromatic nitrogens is 2. The van der Waals surface area contributed by atoms with Crippen LogP contribution in [0.15, 0.2) is 36.4 Å². The van der Waals surface area contributed by atoms with Gasteiger partial charge in [0.1, 0.15) is 5.82 Å². The third kappa shape index (κ3) is 5.32. The molecule has 23 heavy (non-hydrogen) atoms. The SMILES string of the molecule is CCCCN(C)c1ccc(NC(=O)Cc2ccc(F)cc2)nn1. The summed E-state index contributed by atoms with van der Waals surface area (Å²) < 4.78 is 12.8. The molecule has 1 aromatic carbocycles. The molecule has 2 aromatic rings. The van der Waals surface area contributed by atoms with Gasteiger partial charge in [0.2, 0.25) is 5.91 Å². The number of benzene rings is 1. The molecule has 122 valence electrons. The molecule has 0 bridgehead atoms. The number of carbonyl (C=O) groups is 1. The van der Waals surface area contributed by atoms with E-state index in [-0.39, 0.29) is 18.1 Å². The summed E-state index contributed by atoms with van der Waals surface area (Å²) in [5.41, 5.74) is 0.743. The molecule has 1 aromatic heterocycles. The number of amides is 1. The van der Waals surface area contributed by atoms with Crippen LogP contribution in [0.3, 0.4) is 0 Å². The third-order valence-corrected chi connectivity index (χ3v) is 3.43. The van der Waals surface area contributed by atoms with Crippen LogP contribution in [0.4, 0.5) is 16.0 Å². The fourth-order valence-corrected chi connectivity index (χ4v) is 2.08. The molecule has 0 saturated heterocycles. The van der Waals surface area contributed by atoms with Crippen molar-refractivity contribution in [3.8, 4) is 0 Å². The Morgan fingerprint density at radius 3 is 2.52 bits per heavy atom. The molecule has 0 radical (unpaired) electrons. The number of anilines is 2. The Labute approximate surface area is 135 Å². The molecule has 5 nitrogen and oxygen atoms in total. The van der Waals surface area contributed by atoms with E-state index in [2.05, 4.69) is 22.4 Å². The van der Waals surface area contributed by atoms with Crippen molar-refractivity contribution < 1.29 is 9.18 Å². The molecule has 0 aliphatic heterocycles. The van der Waals surface area contributed by atoms with Gasteiger partial charge in [-0.1, -0.05) is 25.5 Å². The summed E-state index contributed by atoms with van der Waals surface area (Å²) >= 11 is 0. The van der Waals surface area contributed by atoms with Gasteiger partial charge in [0, 0.05) is 13.6 Å². The van der Waals surface area contributed by atoms with E-state index in [1.54, 1.807) is 18.2 Å². The molecule has 0 atom stereocenters. The lowest BCUT2D eigenvalue weighted by Gasteiger charge is -2.16. The topological polar surface area (TPSA) is 58.1 Å². The zero-order chi connectivity index (χ0) is 16.7. The van der Waals surface area contributed by atoms with Gasteiger partial charge in [0.15, 0.2) is 11.6 Å². The molecule has 0 spiro atoms. The lowest BCUT2D eigenvalue weighted by molar-refractivity contribution is -0.115. The third-order valence-electron chi connectivity index (χ3n) is 3.43. The first-order valence-electron chi connectivity index (χ1n) is 7.67. The van der Waals surface area contributed by atoms with E-state index in [9.17, 15) is 9.18 Å². The Bertz CT molecular complexity index is 628. The zero-order valence-corrected chi connectivity index (χ0v) is 13.4. The van der Waals surface area contributed by atoms with Crippen LogP contribution >= 0.6 is 0 Å². The van der Waals surface area contributed by atoms with Gasteiger partial charge in [-0.3, -0.25) is 4.79 Å². The minimum absolute atomic E-state index is 0.167. The summed E-state index contributed by atoms with van der Waals surface area (Å²) in [5.74, 6) is 0.653. The summed E-state index contributed by atoms with van der Waals surface area (Å²) in [6.45, 7) is 3.06. The van der Waals surface area contributed by atoms with Crippen molar-refractivity contribution in [1.82, 2.24) is 10.2 Å².